The Balaban J connectivity index is 1.96. The van der Waals surface area contributed by atoms with Crippen LogP contribution in [-0.4, -0.2) is 9.97 Å². The van der Waals surface area contributed by atoms with Crippen molar-refractivity contribution in [2.24, 2.45) is 0 Å². The fourth-order valence-electron chi connectivity index (χ4n) is 2.60. The van der Waals surface area contributed by atoms with E-state index in [-0.39, 0.29) is 17.0 Å². The van der Waals surface area contributed by atoms with E-state index in [0.717, 1.165) is 18.4 Å². The monoisotopic (exact) mass is 336 g/mol. The number of unbranched alkanes of at least 4 members (excludes halogenated alkanes) is 5. The summed E-state index contributed by atoms with van der Waals surface area (Å²) in [5.74, 6) is -2.16. The molecular weight excluding hydrogens is 313 g/mol. The van der Waals surface area contributed by atoms with E-state index in [2.05, 4.69) is 16.9 Å². The SMILES string of the molecule is CCCCCCCCc1cnc(-c2ccc(CF)c(F)c2F)nc1. The van der Waals surface area contributed by atoms with Crippen LogP contribution < -0.4 is 0 Å². The Morgan fingerprint density at radius 3 is 2.21 bits per heavy atom. The Morgan fingerprint density at radius 1 is 0.875 bits per heavy atom. The molecule has 5 heteroatoms. The lowest BCUT2D eigenvalue weighted by Crippen LogP contribution is -1.99. The summed E-state index contributed by atoms with van der Waals surface area (Å²) in [4.78, 5) is 8.25. The van der Waals surface area contributed by atoms with Crippen LogP contribution in [0.2, 0.25) is 0 Å². The summed E-state index contributed by atoms with van der Waals surface area (Å²) in [6.45, 7) is 1.15. The quantitative estimate of drug-likeness (QED) is 0.541. The van der Waals surface area contributed by atoms with Crippen molar-refractivity contribution in [1.82, 2.24) is 9.97 Å². The molecule has 1 heterocycles. The lowest BCUT2D eigenvalue weighted by molar-refractivity contribution is 0.442. The van der Waals surface area contributed by atoms with Crippen molar-refractivity contribution in [2.75, 3.05) is 0 Å². The van der Waals surface area contributed by atoms with Gasteiger partial charge in [-0.15, -0.1) is 0 Å². The number of alkyl halides is 1. The molecule has 1 aromatic heterocycles. The van der Waals surface area contributed by atoms with Crippen LogP contribution in [0.25, 0.3) is 11.4 Å². The van der Waals surface area contributed by atoms with E-state index in [1.165, 1.54) is 44.2 Å². The van der Waals surface area contributed by atoms with Crippen molar-refractivity contribution in [3.05, 3.63) is 47.3 Å². The first kappa shape index (κ1) is 18.4. The van der Waals surface area contributed by atoms with E-state index in [1.807, 2.05) is 0 Å². The molecule has 0 aliphatic heterocycles. The van der Waals surface area contributed by atoms with Gasteiger partial charge in [0.05, 0.1) is 5.56 Å². The molecule has 0 unspecified atom stereocenters. The molecule has 0 N–H and O–H groups in total. The van der Waals surface area contributed by atoms with Crippen molar-refractivity contribution in [3.8, 4) is 11.4 Å². The molecule has 130 valence electrons. The van der Waals surface area contributed by atoms with Crippen LogP contribution in [0.15, 0.2) is 24.5 Å². The second-order valence-corrected chi connectivity index (χ2v) is 5.97. The molecule has 0 atom stereocenters. The van der Waals surface area contributed by atoms with Crippen LogP contribution in [0, 0.1) is 11.6 Å². The van der Waals surface area contributed by atoms with Gasteiger partial charge < -0.3 is 0 Å². The molecule has 24 heavy (non-hydrogen) atoms. The number of halogens is 3. The molecule has 0 aliphatic rings. The zero-order valence-corrected chi connectivity index (χ0v) is 14.0. The van der Waals surface area contributed by atoms with E-state index in [4.69, 9.17) is 0 Å². The summed E-state index contributed by atoms with van der Waals surface area (Å²) >= 11 is 0. The Kier molecular flexibility index (Phi) is 7.22. The van der Waals surface area contributed by atoms with Crippen LogP contribution >= 0.6 is 0 Å². The van der Waals surface area contributed by atoms with Crippen LogP contribution in [0.1, 0.15) is 56.6 Å². The molecule has 0 spiro atoms. The number of nitrogens with zero attached hydrogens (tertiary/aromatic N) is 2. The number of hydrogen-bond acceptors (Lipinski definition) is 2. The summed E-state index contributed by atoms with van der Waals surface area (Å²) in [6.07, 6.45) is 11.4. The van der Waals surface area contributed by atoms with Gasteiger partial charge in [-0.25, -0.2) is 23.1 Å². The van der Waals surface area contributed by atoms with Crippen molar-refractivity contribution in [3.63, 3.8) is 0 Å². The van der Waals surface area contributed by atoms with Gasteiger partial charge in [-0.2, -0.15) is 0 Å². The van der Waals surface area contributed by atoms with Gasteiger partial charge in [0.15, 0.2) is 17.5 Å². The highest BCUT2D eigenvalue weighted by atomic mass is 19.2. The summed E-state index contributed by atoms with van der Waals surface area (Å²) in [5.41, 5.74) is 0.641. The fourth-order valence-corrected chi connectivity index (χ4v) is 2.60. The van der Waals surface area contributed by atoms with Gasteiger partial charge in [0.2, 0.25) is 0 Å². The number of aryl methyl sites for hydroxylation is 1. The van der Waals surface area contributed by atoms with Crippen molar-refractivity contribution >= 4 is 0 Å². The number of rotatable bonds is 9. The molecular formula is C19H23F3N2. The second kappa shape index (κ2) is 9.40. The first-order valence-electron chi connectivity index (χ1n) is 8.51. The second-order valence-electron chi connectivity index (χ2n) is 5.97. The van der Waals surface area contributed by atoms with Gasteiger partial charge in [0.1, 0.15) is 6.67 Å². The van der Waals surface area contributed by atoms with E-state index in [0.29, 0.717) is 0 Å². The Labute approximate surface area is 141 Å². The molecule has 0 saturated heterocycles. The highest BCUT2D eigenvalue weighted by Gasteiger charge is 2.16. The molecule has 0 saturated carbocycles. The molecule has 0 aliphatic carbocycles. The van der Waals surface area contributed by atoms with Crippen LogP contribution in [-0.2, 0) is 13.1 Å². The lowest BCUT2D eigenvalue weighted by atomic mass is 10.1. The van der Waals surface area contributed by atoms with Crippen molar-refractivity contribution in [2.45, 2.75) is 58.5 Å². The minimum absolute atomic E-state index is 0.0455. The largest absolute Gasteiger partial charge is 0.246 e. The van der Waals surface area contributed by atoms with Gasteiger partial charge in [-0.1, -0.05) is 45.1 Å². The maximum atomic E-state index is 14.0. The average Bonchev–Trinajstić information content (AvgIpc) is 2.61. The Morgan fingerprint density at radius 2 is 1.54 bits per heavy atom. The Hall–Kier alpha value is -1.91. The summed E-state index contributed by atoms with van der Waals surface area (Å²) in [7, 11) is 0. The van der Waals surface area contributed by atoms with Gasteiger partial charge in [0, 0.05) is 18.0 Å². The minimum atomic E-state index is -1.17. The molecule has 1 aromatic carbocycles. The molecule has 2 nitrogen and oxygen atoms in total. The van der Waals surface area contributed by atoms with Gasteiger partial charge in [-0.3, -0.25) is 0 Å². The minimum Gasteiger partial charge on any atom is -0.246 e. The first-order valence-corrected chi connectivity index (χ1v) is 8.51. The molecule has 0 amide bonds. The highest BCUT2D eigenvalue weighted by molar-refractivity contribution is 5.56. The fraction of sp³-hybridized carbons (Fsp3) is 0.474. The third-order valence-electron chi connectivity index (χ3n) is 4.07. The van der Waals surface area contributed by atoms with Gasteiger partial charge in [0.25, 0.3) is 0 Å². The maximum absolute atomic E-state index is 14.0. The topological polar surface area (TPSA) is 25.8 Å². The predicted molar refractivity (Wildman–Crippen MR) is 89.3 cm³/mol. The lowest BCUT2D eigenvalue weighted by Gasteiger charge is -2.06. The molecule has 0 fully saturated rings. The normalized spacial score (nSPS) is 11.0. The number of aromatic nitrogens is 2. The third kappa shape index (κ3) is 4.79. The van der Waals surface area contributed by atoms with E-state index < -0.39 is 18.3 Å². The maximum Gasteiger partial charge on any atom is 0.170 e. The third-order valence-corrected chi connectivity index (χ3v) is 4.07. The molecule has 0 bridgehead atoms. The van der Waals surface area contributed by atoms with Crippen molar-refractivity contribution < 1.29 is 13.2 Å². The van der Waals surface area contributed by atoms with Crippen molar-refractivity contribution in [1.29, 1.82) is 0 Å². The van der Waals surface area contributed by atoms with Crippen LogP contribution in [0.4, 0.5) is 13.2 Å². The zero-order valence-electron chi connectivity index (χ0n) is 14.0. The number of benzene rings is 1. The predicted octanol–water partition coefficient (Wildman–Crippen LogP) is 5.79. The molecule has 2 rings (SSSR count). The first-order chi connectivity index (χ1) is 11.7. The van der Waals surface area contributed by atoms with Gasteiger partial charge >= 0.3 is 0 Å². The average molecular weight is 336 g/mol. The summed E-state index contributed by atoms with van der Waals surface area (Å²) in [6, 6.07) is 2.54. The smallest absolute Gasteiger partial charge is 0.170 e. The van der Waals surface area contributed by atoms with Crippen LogP contribution in [0.3, 0.4) is 0 Å². The van der Waals surface area contributed by atoms with E-state index >= 15 is 0 Å². The number of hydrogen-bond donors (Lipinski definition) is 0. The van der Waals surface area contributed by atoms with Gasteiger partial charge in [-0.05, 0) is 24.5 Å². The Bertz CT molecular complexity index is 642. The molecule has 2 aromatic rings. The zero-order chi connectivity index (χ0) is 17.4. The van der Waals surface area contributed by atoms with E-state index in [1.54, 1.807) is 12.4 Å². The summed E-state index contributed by atoms with van der Waals surface area (Å²) in [5, 5.41) is 0. The molecule has 0 radical (unpaired) electrons. The highest BCUT2D eigenvalue weighted by Crippen LogP contribution is 2.24. The standard InChI is InChI=1S/C19H23F3N2/c1-2-3-4-5-6-7-8-14-12-23-19(24-13-14)16-10-9-15(11-20)17(21)18(16)22/h9-10,12-13H,2-8,11H2,1H3. The van der Waals surface area contributed by atoms with Crippen LogP contribution in [0.5, 0.6) is 0 Å². The van der Waals surface area contributed by atoms with E-state index in [9.17, 15) is 13.2 Å². The summed E-state index contributed by atoms with van der Waals surface area (Å²) < 4.78 is 40.1.